The van der Waals surface area contributed by atoms with E-state index in [1.54, 1.807) is 0 Å². The molecule has 0 bridgehead atoms. The average Bonchev–Trinajstić information content (AvgIpc) is 2.42. The predicted octanol–water partition coefficient (Wildman–Crippen LogP) is 4.67. The third-order valence-electron chi connectivity index (χ3n) is 3.60. The van der Waals surface area contributed by atoms with Gasteiger partial charge in [0.25, 0.3) is 0 Å². The van der Waals surface area contributed by atoms with Crippen LogP contribution in [0.1, 0.15) is 42.3 Å². The highest BCUT2D eigenvalue weighted by atomic mass is 15.1. The van der Waals surface area contributed by atoms with E-state index in [-0.39, 0.29) is 0 Å². The van der Waals surface area contributed by atoms with Gasteiger partial charge in [0.05, 0.1) is 0 Å². The molecule has 118 valence electrons. The van der Waals surface area contributed by atoms with E-state index in [9.17, 15) is 0 Å². The first kappa shape index (κ1) is 16.3. The number of aromatic nitrogens is 2. The van der Waals surface area contributed by atoms with Crippen molar-refractivity contribution in [1.29, 1.82) is 0 Å². The normalized spacial score (nSPS) is 10.6. The van der Waals surface area contributed by atoms with Crippen LogP contribution in [0.25, 0.3) is 0 Å². The summed E-state index contributed by atoms with van der Waals surface area (Å²) in [4.78, 5) is 8.94. The van der Waals surface area contributed by atoms with Crippen molar-refractivity contribution in [3.05, 3.63) is 40.7 Å². The highest BCUT2D eigenvalue weighted by Gasteiger charge is 2.07. The van der Waals surface area contributed by atoms with Crippen molar-refractivity contribution in [3.63, 3.8) is 0 Å². The summed E-state index contributed by atoms with van der Waals surface area (Å²) in [5.41, 5.74) is 4.87. The maximum absolute atomic E-state index is 4.50. The monoisotopic (exact) mass is 298 g/mol. The Bertz CT molecular complexity index is 627. The largest absolute Gasteiger partial charge is 0.370 e. The number of aryl methyl sites for hydroxylation is 4. The van der Waals surface area contributed by atoms with Gasteiger partial charge in [-0.05, 0) is 45.2 Å². The molecule has 0 amide bonds. The molecule has 2 N–H and O–H groups in total. The molecular weight excluding hydrogens is 272 g/mol. The maximum Gasteiger partial charge on any atom is 0.136 e. The van der Waals surface area contributed by atoms with Crippen molar-refractivity contribution < 1.29 is 0 Å². The van der Waals surface area contributed by atoms with Crippen LogP contribution in [0, 0.1) is 27.7 Å². The Hall–Kier alpha value is -2.10. The van der Waals surface area contributed by atoms with Crippen LogP contribution in [0.2, 0.25) is 0 Å². The molecule has 1 aromatic carbocycles. The molecule has 2 rings (SSSR count). The minimum Gasteiger partial charge on any atom is -0.370 e. The highest BCUT2D eigenvalue weighted by Crippen LogP contribution is 2.25. The van der Waals surface area contributed by atoms with Gasteiger partial charge in [-0.3, -0.25) is 0 Å². The van der Waals surface area contributed by atoms with Gasteiger partial charge < -0.3 is 10.6 Å². The van der Waals surface area contributed by atoms with Crippen LogP contribution < -0.4 is 10.6 Å². The van der Waals surface area contributed by atoms with Crippen LogP contribution in [0.4, 0.5) is 17.3 Å². The van der Waals surface area contributed by atoms with Gasteiger partial charge >= 0.3 is 0 Å². The Morgan fingerprint density at radius 1 is 0.909 bits per heavy atom. The number of rotatable bonds is 6. The zero-order valence-corrected chi connectivity index (χ0v) is 14.2. The Balaban J connectivity index is 2.22. The number of nitrogens with one attached hydrogen (secondary N) is 2. The average molecular weight is 298 g/mol. The molecule has 0 atom stereocenters. The molecule has 0 saturated heterocycles. The first-order valence-electron chi connectivity index (χ1n) is 7.94. The molecule has 22 heavy (non-hydrogen) atoms. The van der Waals surface area contributed by atoms with Gasteiger partial charge in [0, 0.05) is 18.3 Å². The van der Waals surface area contributed by atoms with Crippen molar-refractivity contribution in [2.45, 2.75) is 47.5 Å². The summed E-state index contributed by atoms with van der Waals surface area (Å²) in [7, 11) is 0. The number of hydrogen-bond acceptors (Lipinski definition) is 4. The topological polar surface area (TPSA) is 49.8 Å². The lowest BCUT2D eigenvalue weighted by Gasteiger charge is -2.14. The second-order valence-corrected chi connectivity index (χ2v) is 5.86. The molecular formula is C18H26N4. The van der Waals surface area contributed by atoms with Crippen molar-refractivity contribution in [1.82, 2.24) is 9.97 Å². The zero-order valence-electron chi connectivity index (χ0n) is 14.2. The lowest BCUT2D eigenvalue weighted by molar-refractivity contribution is 0.829. The quantitative estimate of drug-likeness (QED) is 0.761. The predicted molar refractivity (Wildman–Crippen MR) is 94.1 cm³/mol. The van der Waals surface area contributed by atoms with Gasteiger partial charge in [0.1, 0.15) is 17.5 Å². The SMILES string of the molecule is CCCCNc1cc(Nc2c(C)cc(C)cc2C)nc(C)n1. The van der Waals surface area contributed by atoms with E-state index in [0.29, 0.717) is 0 Å². The van der Waals surface area contributed by atoms with Crippen molar-refractivity contribution in [3.8, 4) is 0 Å². The Morgan fingerprint density at radius 2 is 1.55 bits per heavy atom. The minimum atomic E-state index is 0.770. The van der Waals surface area contributed by atoms with Crippen LogP contribution in [-0.2, 0) is 0 Å². The van der Waals surface area contributed by atoms with Crippen molar-refractivity contribution in [2.75, 3.05) is 17.2 Å². The van der Waals surface area contributed by atoms with Gasteiger partial charge in [-0.25, -0.2) is 9.97 Å². The summed E-state index contributed by atoms with van der Waals surface area (Å²) in [6, 6.07) is 6.34. The van der Waals surface area contributed by atoms with E-state index in [4.69, 9.17) is 0 Å². The Labute approximate surface area is 133 Å². The summed E-state index contributed by atoms with van der Waals surface area (Å²) >= 11 is 0. The molecule has 0 unspecified atom stereocenters. The lowest BCUT2D eigenvalue weighted by Crippen LogP contribution is -2.07. The fourth-order valence-corrected chi connectivity index (χ4v) is 2.62. The third-order valence-corrected chi connectivity index (χ3v) is 3.60. The van der Waals surface area contributed by atoms with E-state index in [0.717, 1.165) is 36.1 Å². The molecule has 1 aromatic heterocycles. The van der Waals surface area contributed by atoms with Crippen LogP contribution >= 0.6 is 0 Å². The Kier molecular flexibility index (Phi) is 5.36. The summed E-state index contributed by atoms with van der Waals surface area (Å²) in [5, 5.41) is 6.81. The molecule has 0 radical (unpaired) electrons. The summed E-state index contributed by atoms with van der Waals surface area (Å²) in [6.07, 6.45) is 2.31. The van der Waals surface area contributed by atoms with Crippen molar-refractivity contribution in [2.24, 2.45) is 0 Å². The molecule has 4 nitrogen and oxygen atoms in total. The third kappa shape index (κ3) is 4.20. The number of anilines is 3. The standard InChI is InChI=1S/C18H26N4/c1-6-7-8-19-16-11-17(21-15(5)20-16)22-18-13(3)9-12(2)10-14(18)4/h9-11H,6-8H2,1-5H3,(H2,19,20,21,22). The molecule has 0 spiro atoms. The first-order valence-corrected chi connectivity index (χ1v) is 7.94. The zero-order chi connectivity index (χ0) is 16.1. The molecule has 1 heterocycles. The Morgan fingerprint density at radius 3 is 2.18 bits per heavy atom. The van der Waals surface area contributed by atoms with Crippen molar-refractivity contribution >= 4 is 17.3 Å². The molecule has 0 aliphatic heterocycles. The second kappa shape index (κ2) is 7.25. The van der Waals surface area contributed by atoms with Crippen LogP contribution in [-0.4, -0.2) is 16.5 Å². The number of unbranched alkanes of at least 4 members (excludes halogenated alkanes) is 1. The summed E-state index contributed by atoms with van der Waals surface area (Å²) in [6.45, 7) is 11.4. The van der Waals surface area contributed by atoms with Crippen LogP contribution in [0.3, 0.4) is 0 Å². The summed E-state index contributed by atoms with van der Waals surface area (Å²) in [5.74, 6) is 2.49. The molecule has 0 aliphatic rings. The van der Waals surface area contributed by atoms with Gasteiger partial charge in [-0.1, -0.05) is 31.0 Å². The van der Waals surface area contributed by atoms with E-state index in [1.807, 2.05) is 13.0 Å². The van der Waals surface area contributed by atoms with Gasteiger partial charge in [0.15, 0.2) is 0 Å². The number of hydrogen-bond donors (Lipinski definition) is 2. The molecule has 0 aliphatic carbocycles. The molecule has 0 saturated carbocycles. The fraction of sp³-hybridized carbons (Fsp3) is 0.444. The van der Waals surface area contributed by atoms with E-state index >= 15 is 0 Å². The lowest BCUT2D eigenvalue weighted by atomic mass is 10.1. The van der Waals surface area contributed by atoms with Gasteiger partial charge in [-0.15, -0.1) is 0 Å². The highest BCUT2D eigenvalue weighted by molar-refractivity contribution is 5.66. The maximum atomic E-state index is 4.50. The van der Waals surface area contributed by atoms with E-state index in [2.05, 4.69) is 60.4 Å². The van der Waals surface area contributed by atoms with Gasteiger partial charge in [0.2, 0.25) is 0 Å². The number of nitrogens with zero attached hydrogens (tertiary/aromatic N) is 2. The minimum absolute atomic E-state index is 0.770. The number of benzene rings is 1. The second-order valence-electron chi connectivity index (χ2n) is 5.86. The van der Waals surface area contributed by atoms with Crippen LogP contribution in [0.5, 0.6) is 0 Å². The van der Waals surface area contributed by atoms with E-state index < -0.39 is 0 Å². The molecule has 4 heteroatoms. The first-order chi connectivity index (χ1) is 10.5. The fourth-order valence-electron chi connectivity index (χ4n) is 2.62. The van der Waals surface area contributed by atoms with Crippen LogP contribution in [0.15, 0.2) is 18.2 Å². The smallest absolute Gasteiger partial charge is 0.136 e. The van der Waals surface area contributed by atoms with Gasteiger partial charge in [-0.2, -0.15) is 0 Å². The summed E-state index contributed by atoms with van der Waals surface area (Å²) < 4.78 is 0. The molecule has 2 aromatic rings. The van der Waals surface area contributed by atoms with E-state index in [1.165, 1.54) is 23.1 Å². The molecule has 0 fully saturated rings.